The average Bonchev–Trinajstić information content (AvgIpc) is 2.03. The standard InChI is InChI=1S/C8H8F3NO/c1-4-2-5(9)6(3-13)12-7(4)8(10)11/h2,8,13H,3H2,1H3. The Morgan fingerprint density at radius 3 is 2.62 bits per heavy atom. The van der Waals surface area contributed by atoms with Crippen molar-refractivity contribution in [2.45, 2.75) is 20.0 Å². The van der Waals surface area contributed by atoms with E-state index in [2.05, 4.69) is 4.98 Å². The van der Waals surface area contributed by atoms with Crippen LogP contribution in [0.25, 0.3) is 0 Å². The van der Waals surface area contributed by atoms with Crippen molar-refractivity contribution in [1.29, 1.82) is 0 Å². The van der Waals surface area contributed by atoms with Crippen LogP contribution in [0.15, 0.2) is 6.07 Å². The number of nitrogens with zero attached hydrogens (tertiary/aromatic N) is 1. The highest BCUT2D eigenvalue weighted by Gasteiger charge is 2.15. The van der Waals surface area contributed by atoms with Crippen LogP contribution < -0.4 is 0 Å². The Morgan fingerprint density at radius 1 is 1.54 bits per heavy atom. The molecule has 0 aliphatic heterocycles. The highest BCUT2D eigenvalue weighted by molar-refractivity contribution is 5.23. The molecule has 0 radical (unpaired) electrons. The molecule has 1 N–H and O–H groups in total. The van der Waals surface area contributed by atoms with Gasteiger partial charge in [-0.05, 0) is 18.6 Å². The lowest BCUT2D eigenvalue weighted by atomic mass is 10.2. The van der Waals surface area contributed by atoms with E-state index in [1.54, 1.807) is 0 Å². The monoisotopic (exact) mass is 191 g/mol. The van der Waals surface area contributed by atoms with Crippen molar-refractivity contribution in [1.82, 2.24) is 4.98 Å². The van der Waals surface area contributed by atoms with E-state index in [0.29, 0.717) is 0 Å². The van der Waals surface area contributed by atoms with E-state index < -0.39 is 24.5 Å². The number of halogens is 3. The zero-order valence-electron chi connectivity index (χ0n) is 6.89. The molecule has 1 aromatic rings. The lowest BCUT2D eigenvalue weighted by Gasteiger charge is -2.06. The van der Waals surface area contributed by atoms with Gasteiger partial charge < -0.3 is 5.11 Å². The van der Waals surface area contributed by atoms with Gasteiger partial charge in [0.05, 0.1) is 6.61 Å². The summed E-state index contributed by atoms with van der Waals surface area (Å²) in [7, 11) is 0. The Bertz CT molecular complexity index is 315. The highest BCUT2D eigenvalue weighted by atomic mass is 19.3. The van der Waals surface area contributed by atoms with Gasteiger partial charge in [-0.15, -0.1) is 0 Å². The number of aromatic nitrogens is 1. The van der Waals surface area contributed by atoms with Crippen molar-refractivity contribution in [3.8, 4) is 0 Å². The number of aryl methyl sites for hydroxylation is 1. The normalized spacial score (nSPS) is 10.9. The predicted molar refractivity (Wildman–Crippen MR) is 39.8 cm³/mol. The van der Waals surface area contributed by atoms with Gasteiger partial charge in [0.15, 0.2) is 0 Å². The van der Waals surface area contributed by atoms with E-state index in [1.807, 2.05) is 0 Å². The quantitative estimate of drug-likeness (QED) is 0.775. The SMILES string of the molecule is Cc1cc(F)c(CO)nc1C(F)F. The fourth-order valence-corrected chi connectivity index (χ4v) is 0.966. The molecule has 1 heterocycles. The van der Waals surface area contributed by atoms with E-state index in [0.717, 1.165) is 6.07 Å². The molecule has 0 fully saturated rings. The first-order chi connectivity index (χ1) is 6.06. The number of aliphatic hydroxyl groups excluding tert-OH is 1. The molecule has 0 amide bonds. The molecule has 13 heavy (non-hydrogen) atoms. The van der Waals surface area contributed by atoms with Crippen LogP contribution in [0.3, 0.4) is 0 Å². The van der Waals surface area contributed by atoms with Crippen molar-refractivity contribution in [3.05, 3.63) is 28.8 Å². The molecule has 0 unspecified atom stereocenters. The Morgan fingerprint density at radius 2 is 2.15 bits per heavy atom. The van der Waals surface area contributed by atoms with E-state index in [-0.39, 0.29) is 11.3 Å². The second kappa shape index (κ2) is 3.74. The van der Waals surface area contributed by atoms with E-state index in [9.17, 15) is 13.2 Å². The summed E-state index contributed by atoms with van der Waals surface area (Å²) in [5.74, 6) is -0.760. The molecule has 2 nitrogen and oxygen atoms in total. The van der Waals surface area contributed by atoms with Crippen molar-refractivity contribution in [2.75, 3.05) is 0 Å². The van der Waals surface area contributed by atoms with Crippen molar-refractivity contribution in [3.63, 3.8) is 0 Å². The van der Waals surface area contributed by atoms with Crippen LogP contribution >= 0.6 is 0 Å². The molecule has 72 valence electrons. The van der Waals surface area contributed by atoms with Crippen LogP contribution in [0.4, 0.5) is 13.2 Å². The molecule has 0 spiro atoms. The maximum Gasteiger partial charge on any atom is 0.280 e. The average molecular weight is 191 g/mol. The summed E-state index contributed by atoms with van der Waals surface area (Å²) in [6.45, 7) is 0.671. The minimum atomic E-state index is -2.74. The third-order valence-corrected chi connectivity index (χ3v) is 1.63. The fourth-order valence-electron chi connectivity index (χ4n) is 0.966. The number of hydrogen-bond donors (Lipinski definition) is 1. The summed E-state index contributed by atoms with van der Waals surface area (Å²) in [4.78, 5) is 3.31. The maximum absolute atomic E-state index is 12.8. The number of hydrogen-bond acceptors (Lipinski definition) is 2. The molecule has 0 atom stereocenters. The number of alkyl halides is 2. The topological polar surface area (TPSA) is 33.1 Å². The molecule has 0 saturated heterocycles. The molecule has 1 rings (SSSR count). The Balaban J connectivity index is 3.22. The third kappa shape index (κ3) is 1.98. The van der Waals surface area contributed by atoms with Gasteiger partial charge in [0.25, 0.3) is 6.43 Å². The van der Waals surface area contributed by atoms with Gasteiger partial charge in [-0.25, -0.2) is 18.2 Å². The third-order valence-electron chi connectivity index (χ3n) is 1.63. The summed E-state index contributed by atoms with van der Waals surface area (Å²) in [5.41, 5.74) is -0.740. The summed E-state index contributed by atoms with van der Waals surface area (Å²) in [6.07, 6.45) is -2.74. The van der Waals surface area contributed by atoms with Crippen LogP contribution in [-0.2, 0) is 6.61 Å². The van der Waals surface area contributed by atoms with Gasteiger partial charge in [0.2, 0.25) is 0 Å². The Labute approximate surface area is 73.0 Å². The van der Waals surface area contributed by atoms with Crippen LogP contribution in [0.5, 0.6) is 0 Å². The number of pyridine rings is 1. The van der Waals surface area contributed by atoms with Crippen molar-refractivity contribution < 1.29 is 18.3 Å². The van der Waals surface area contributed by atoms with Gasteiger partial charge in [-0.3, -0.25) is 0 Å². The molecule has 0 aliphatic rings. The minimum absolute atomic E-state index is 0.0877. The second-order valence-corrected chi connectivity index (χ2v) is 2.58. The van der Waals surface area contributed by atoms with Gasteiger partial charge in [0.1, 0.15) is 17.2 Å². The largest absolute Gasteiger partial charge is 0.390 e. The van der Waals surface area contributed by atoms with Crippen LogP contribution in [0.1, 0.15) is 23.4 Å². The second-order valence-electron chi connectivity index (χ2n) is 2.58. The molecule has 5 heteroatoms. The minimum Gasteiger partial charge on any atom is -0.390 e. The zero-order valence-corrected chi connectivity index (χ0v) is 6.89. The van der Waals surface area contributed by atoms with Crippen LogP contribution in [-0.4, -0.2) is 10.1 Å². The lowest BCUT2D eigenvalue weighted by Crippen LogP contribution is -2.02. The molecule has 0 saturated carbocycles. The van der Waals surface area contributed by atoms with Gasteiger partial charge in [0, 0.05) is 0 Å². The van der Waals surface area contributed by atoms with Crippen LogP contribution in [0.2, 0.25) is 0 Å². The Hall–Kier alpha value is -1.10. The maximum atomic E-state index is 12.8. The lowest BCUT2D eigenvalue weighted by molar-refractivity contribution is 0.144. The van der Waals surface area contributed by atoms with E-state index in [1.165, 1.54) is 6.92 Å². The Kier molecular flexibility index (Phi) is 2.87. The number of rotatable bonds is 2. The molecule has 0 aromatic carbocycles. The van der Waals surface area contributed by atoms with Gasteiger partial charge in [-0.2, -0.15) is 0 Å². The van der Waals surface area contributed by atoms with Crippen LogP contribution in [0, 0.1) is 12.7 Å². The molecular weight excluding hydrogens is 183 g/mol. The molecular formula is C8H8F3NO. The van der Waals surface area contributed by atoms with Gasteiger partial charge >= 0.3 is 0 Å². The zero-order chi connectivity index (χ0) is 10.0. The smallest absolute Gasteiger partial charge is 0.280 e. The highest BCUT2D eigenvalue weighted by Crippen LogP contribution is 2.22. The summed E-state index contributed by atoms with van der Waals surface area (Å²) >= 11 is 0. The summed E-state index contributed by atoms with van der Waals surface area (Å²) < 4.78 is 37.2. The number of aliphatic hydroxyl groups is 1. The first kappa shape index (κ1) is 9.98. The summed E-state index contributed by atoms with van der Waals surface area (Å²) in [5, 5.41) is 8.57. The molecule has 0 aliphatic carbocycles. The van der Waals surface area contributed by atoms with Crippen molar-refractivity contribution >= 4 is 0 Å². The first-order valence-corrected chi connectivity index (χ1v) is 3.61. The van der Waals surface area contributed by atoms with Crippen molar-refractivity contribution in [2.24, 2.45) is 0 Å². The summed E-state index contributed by atoms with van der Waals surface area (Å²) in [6, 6.07) is 0.944. The first-order valence-electron chi connectivity index (χ1n) is 3.61. The fraction of sp³-hybridized carbons (Fsp3) is 0.375. The van der Waals surface area contributed by atoms with Gasteiger partial charge in [-0.1, -0.05) is 0 Å². The molecule has 1 aromatic heterocycles. The predicted octanol–water partition coefficient (Wildman–Crippen LogP) is 1.96. The molecule has 0 bridgehead atoms. The van der Waals surface area contributed by atoms with E-state index in [4.69, 9.17) is 5.11 Å². The van der Waals surface area contributed by atoms with E-state index >= 15 is 0 Å².